The van der Waals surface area contributed by atoms with Gasteiger partial charge in [-0.25, -0.2) is 4.98 Å². The highest BCUT2D eigenvalue weighted by molar-refractivity contribution is 8.00. The summed E-state index contributed by atoms with van der Waals surface area (Å²) < 4.78 is 11.0. The van der Waals surface area contributed by atoms with E-state index in [2.05, 4.69) is 25.5 Å². The van der Waals surface area contributed by atoms with Gasteiger partial charge in [0.1, 0.15) is 5.69 Å². The largest absolute Gasteiger partial charge is 0.493 e. The van der Waals surface area contributed by atoms with E-state index in [0.29, 0.717) is 43.5 Å². The van der Waals surface area contributed by atoms with Crippen LogP contribution in [0, 0.1) is 0 Å². The number of nitrogens with zero attached hydrogens (tertiary/aromatic N) is 3. The molecule has 0 aliphatic carbocycles. The Balaban J connectivity index is 1.42. The minimum Gasteiger partial charge on any atom is -0.493 e. The second kappa shape index (κ2) is 9.14. The number of fused-ring (bicyclic) bond motifs is 1. The maximum absolute atomic E-state index is 12.5. The van der Waals surface area contributed by atoms with Gasteiger partial charge < -0.3 is 14.5 Å². The lowest BCUT2D eigenvalue weighted by Gasteiger charge is -2.08. The summed E-state index contributed by atoms with van der Waals surface area (Å²) in [4.78, 5) is 32.0. The Hall–Kier alpha value is -3.44. The van der Waals surface area contributed by atoms with Crippen molar-refractivity contribution >= 4 is 45.2 Å². The number of aromatic amines is 1. The number of carbonyl (C=O) groups excluding carboxylic acids is 1. The Morgan fingerprint density at radius 2 is 1.94 bits per heavy atom. The summed E-state index contributed by atoms with van der Waals surface area (Å²) in [6, 6.07) is 12.2. The lowest BCUT2D eigenvalue weighted by atomic mass is 10.2. The number of methoxy groups -OCH3 is 2. The molecule has 2 N–H and O–H groups in total. The molecule has 4 aromatic rings. The number of hydrogen-bond acceptors (Lipinski definition) is 9. The van der Waals surface area contributed by atoms with Crippen LogP contribution in [-0.2, 0) is 5.75 Å². The van der Waals surface area contributed by atoms with Crippen molar-refractivity contribution in [3.63, 3.8) is 0 Å². The number of H-pyrrole nitrogens is 1. The van der Waals surface area contributed by atoms with E-state index in [1.54, 1.807) is 24.3 Å². The minimum atomic E-state index is -0.346. The van der Waals surface area contributed by atoms with Gasteiger partial charge in [-0.2, -0.15) is 0 Å². The summed E-state index contributed by atoms with van der Waals surface area (Å²) in [6.45, 7) is 0. The van der Waals surface area contributed by atoms with E-state index in [9.17, 15) is 9.59 Å². The lowest BCUT2D eigenvalue weighted by Crippen LogP contribution is -2.14. The maximum atomic E-state index is 12.5. The number of hydrogen-bond donors (Lipinski definition) is 2. The fourth-order valence-electron chi connectivity index (χ4n) is 2.76. The third kappa shape index (κ3) is 4.67. The van der Waals surface area contributed by atoms with Crippen molar-refractivity contribution in [2.24, 2.45) is 0 Å². The van der Waals surface area contributed by atoms with E-state index in [1.807, 2.05) is 18.2 Å². The van der Waals surface area contributed by atoms with Crippen LogP contribution in [0.5, 0.6) is 11.5 Å². The fraction of sp³-hybridized carbons (Fsp3) is 0.150. The summed E-state index contributed by atoms with van der Waals surface area (Å²) in [5.74, 6) is 0.974. The van der Waals surface area contributed by atoms with Crippen molar-refractivity contribution in [2.75, 3.05) is 19.5 Å². The molecule has 11 heteroatoms. The zero-order chi connectivity index (χ0) is 21.8. The van der Waals surface area contributed by atoms with E-state index in [4.69, 9.17) is 9.47 Å². The molecule has 0 aliphatic heterocycles. The number of ether oxygens (including phenoxy) is 2. The Labute approximate surface area is 184 Å². The van der Waals surface area contributed by atoms with Crippen molar-refractivity contribution in [1.82, 2.24) is 20.2 Å². The summed E-state index contributed by atoms with van der Waals surface area (Å²) >= 11 is 2.54. The number of rotatable bonds is 7. The molecule has 2 aromatic heterocycles. The molecular formula is C20H17N5O4S2. The van der Waals surface area contributed by atoms with Gasteiger partial charge in [0.15, 0.2) is 15.8 Å². The molecule has 158 valence electrons. The van der Waals surface area contributed by atoms with Gasteiger partial charge in [0.2, 0.25) is 5.13 Å². The zero-order valence-corrected chi connectivity index (χ0v) is 18.2. The average molecular weight is 456 g/mol. The Bertz CT molecular complexity index is 1300. The number of para-hydroxylation sites is 2. The fourth-order valence-corrected chi connectivity index (χ4v) is 4.44. The van der Waals surface area contributed by atoms with Gasteiger partial charge in [0.25, 0.3) is 11.5 Å². The average Bonchev–Trinajstić information content (AvgIpc) is 3.24. The molecule has 0 aliphatic rings. The van der Waals surface area contributed by atoms with E-state index in [0.717, 1.165) is 5.52 Å². The van der Waals surface area contributed by atoms with E-state index in [1.165, 1.54) is 37.3 Å². The normalized spacial score (nSPS) is 10.8. The van der Waals surface area contributed by atoms with Gasteiger partial charge in [-0.3, -0.25) is 14.9 Å². The molecule has 1 amide bonds. The number of aromatic nitrogens is 4. The number of carbonyl (C=O) groups is 1. The molecule has 2 heterocycles. The molecule has 2 aromatic carbocycles. The first-order chi connectivity index (χ1) is 15.1. The van der Waals surface area contributed by atoms with Crippen LogP contribution in [0.2, 0.25) is 0 Å². The van der Waals surface area contributed by atoms with Gasteiger partial charge >= 0.3 is 0 Å². The van der Waals surface area contributed by atoms with Crippen LogP contribution < -0.4 is 20.3 Å². The topological polar surface area (TPSA) is 119 Å². The Kier molecular flexibility index (Phi) is 6.14. The molecule has 0 atom stereocenters. The van der Waals surface area contributed by atoms with Crippen molar-refractivity contribution in [1.29, 1.82) is 0 Å². The van der Waals surface area contributed by atoms with E-state index < -0.39 is 0 Å². The molecule has 0 radical (unpaired) electrons. The molecule has 0 saturated heterocycles. The predicted molar refractivity (Wildman–Crippen MR) is 119 cm³/mol. The molecule has 0 saturated carbocycles. The second-order valence-electron chi connectivity index (χ2n) is 6.22. The number of amides is 1. The van der Waals surface area contributed by atoms with E-state index in [-0.39, 0.29) is 11.5 Å². The van der Waals surface area contributed by atoms with Gasteiger partial charge in [0.05, 0.1) is 25.3 Å². The molecule has 4 rings (SSSR count). The first-order valence-electron chi connectivity index (χ1n) is 9.05. The molecule has 0 fully saturated rings. The van der Waals surface area contributed by atoms with E-state index >= 15 is 0 Å². The number of anilines is 1. The summed E-state index contributed by atoms with van der Waals surface area (Å²) in [5, 5.41) is 11.1. The quantitative estimate of drug-likeness (QED) is 0.322. The zero-order valence-electron chi connectivity index (χ0n) is 16.5. The van der Waals surface area contributed by atoms with Crippen molar-refractivity contribution in [3.05, 3.63) is 64.1 Å². The van der Waals surface area contributed by atoms with Crippen molar-refractivity contribution in [2.45, 2.75) is 10.1 Å². The molecule has 31 heavy (non-hydrogen) atoms. The van der Waals surface area contributed by atoms with Crippen molar-refractivity contribution in [3.8, 4) is 11.5 Å². The maximum Gasteiger partial charge on any atom is 0.271 e. The highest BCUT2D eigenvalue weighted by Gasteiger charge is 2.14. The number of nitrogens with one attached hydrogen (secondary N) is 2. The predicted octanol–water partition coefficient (Wildman–Crippen LogP) is 3.34. The smallest absolute Gasteiger partial charge is 0.271 e. The Morgan fingerprint density at radius 1 is 1.13 bits per heavy atom. The number of thioether (sulfide) groups is 1. The van der Waals surface area contributed by atoms with Gasteiger partial charge in [0, 0.05) is 11.3 Å². The third-order valence-corrected chi connectivity index (χ3v) is 6.26. The second-order valence-corrected chi connectivity index (χ2v) is 8.42. The molecule has 0 spiro atoms. The highest BCUT2D eigenvalue weighted by atomic mass is 32.2. The Morgan fingerprint density at radius 3 is 2.74 bits per heavy atom. The minimum absolute atomic E-state index is 0.238. The summed E-state index contributed by atoms with van der Waals surface area (Å²) in [5.41, 5.74) is 1.97. The van der Waals surface area contributed by atoms with Crippen LogP contribution in [0.3, 0.4) is 0 Å². The van der Waals surface area contributed by atoms with Crippen LogP contribution in [0.15, 0.2) is 51.6 Å². The van der Waals surface area contributed by atoms with Crippen LogP contribution in [0.4, 0.5) is 5.13 Å². The van der Waals surface area contributed by atoms with Gasteiger partial charge in [-0.1, -0.05) is 35.2 Å². The molecular weight excluding hydrogens is 438 g/mol. The van der Waals surface area contributed by atoms with Gasteiger partial charge in [-0.15, -0.1) is 10.2 Å². The first kappa shape index (κ1) is 20.8. The highest BCUT2D eigenvalue weighted by Crippen LogP contribution is 2.30. The first-order valence-corrected chi connectivity index (χ1v) is 10.8. The monoisotopic (exact) mass is 455 g/mol. The molecule has 0 bridgehead atoms. The van der Waals surface area contributed by atoms with Crippen LogP contribution in [0.25, 0.3) is 11.0 Å². The van der Waals surface area contributed by atoms with Crippen LogP contribution >= 0.6 is 23.1 Å². The SMILES string of the molecule is COc1ccc(C(=O)Nc2nnc(SCc3nc4ccccc4[nH]c3=O)s2)cc1OC. The lowest BCUT2D eigenvalue weighted by molar-refractivity contribution is 0.102. The third-order valence-electron chi connectivity index (χ3n) is 4.27. The van der Waals surface area contributed by atoms with Gasteiger partial charge in [-0.05, 0) is 30.3 Å². The summed E-state index contributed by atoms with van der Waals surface area (Å²) in [7, 11) is 3.03. The standard InChI is InChI=1S/C20H17N5O4S2/c1-28-15-8-7-11(9-16(15)29-2)17(26)23-19-24-25-20(31-19)30-10-14-18(27)22-13-6-4-3-5-12(13)21-14/h3-9H,10H2,1-2H3,(H,22,27)(H,23,24,26). The van der Waals surface area contributed by atoms with Crippen molar-refractivity contribution < 1.29 is 14.3 Å². The molecule has 9 nitrogen and oxygen atoms in total. The van der Waals surface area contributed by atoms with Crippen LogP contribution in [0.1, 0.15) is 16.1 Å². The molecule has 0 unspecified atom stereocenters. The summed E-state index contributed by atoms with van der Waals surface area (Å²) in [6.07, 6.45) is 0. The van der Waals surface area contributed by atoms with Crippen LogP contribution in [-0.4, -0.2) is 40.3 Å². The number of benzene rings is 2.